The Balaban J connectivity index is 0.00000261. The van der Waals surface area contributed by atoms with Crippen molar-refractivity contribution in [3.05, 3.63) is 36.2 Å². The van der Waals surface area contributed by atoms with E-state index in [1.807, 2.05) is 31.2 Å². The fraction of sp³-hybridized carbons (Fsp3) is 0.500. The Bertz CT molecular complexity index is 733. The number of nitrogens with zero attached hydrogens (tertiary/aromatic N) is 3. The van der Waals surface area contributed by atoms with Crippen LogP contribution in [0.4, 0.5) is 0 Å². The second-order valence-corrected chi connectivity index (χ2v) is 6.35. The van der Waals surface area contributed by atoms with Gasteiger partial charge < -0.3 is 20.1 Å². The second kappa shape index (κ2) is 10.1. The van der Waals surface area contributed by atoms with Crippen LogP contribution in [-0.2, 0) is 0 Å². The van der Waals surface area contributed by atoms with Crippen molar-refractivity contribution in [1.82, 2.24) is 25.6 Å². The minimum absolute atomic E-state index is 0. The summed E-state index contributed by atoms with van der Waals surface area (Å²) >= 11 is 0. The van der Waals surface area contributed by atoms with Gasteiger partial charge >= 0.3 is 0 Å². The topological polar surface area (TPSA) is 90.3 Å². The van der Waals surface area contributed by atoms with Crippen LogP contribution < -0.4 is 20.1 Å². The zero-order valence-electron chi connectivity index (χ0n) is 15.6. The van der Waals surface area contributed by atoms with E-state index in [4.69, 9.17) is 9.47 Å². The SMILES string of the molecule is COc1ccccc1OC(C)CNC(=O)c1cn(C2CCNCC2)nn1.Cl. The average Bonchev–Trinajstić information content (AvgIpc) is 3.17. The van der Waals surface area contributed by atoms with Crippen molar-refractivity contribution in [3.8, 4) is 11.5 Å². The maximum atomic E-state index is 12.3. The van der Waals surface area contributed by atoms with Gasteiger partial charge in [0.1, 0.15) is 6.10 Å². The van der Waals surface area contributed by atoms with Crippen molar-refractivity contribution < 1.29 is 14.3 Å². The van der Waals surface area contributed by atoms with E-state index in [0.29, 0.717) is 29.8 Å². The summed E-state index contributed by atoms with van der Waals surface area (Å²) in [7, 11) is 1.60. The van der Waals surface area contributed by atoms with Gasteiger partial charge in [0.05, 0.1) is 25.9 Å². The van der Waals surface area contributed by atoms with Crippen LogP contribution in [-0.4, -0.2) is 53.7 Å². The number of amides is 1. The molecule has 0 saturated carbocycles. The first-order valence-corrected chi connectivity index (χ1v) is 8.88. The third-order valence-corrected chi connectivity index (χ3v) is 4.37. The number of piperidine rings is 1. The lowest BCUT2D eigenvalue weighted by molar-refractivity contribution is 0.0926. The molecule has 1 aliphatic rings. The molecule has 3 rings (SSSR count). The normalized spacial score (nSPS) is 15.5. The lowest BCUT2D eigenvalue weighted by Crippen LogP contribution is -2.33. The van der Waals surface area contributed by atoms with Crippen LogP contribution in [0.2, 0.25) is 0 Å². The summed E-state index contributed by atoms with van der Waals surface area (Å²) < 4.78 is 12.9. The number of hydrogen-bond acceptors (Lipinski definition) is 6. The molecule has 9 heteroatoms. The van der Waals surface area contributed by atoms with E-state index in [9.17, 15) is 4.79 Å². The average molecular weight is 396 g/mol. The van der Waals surface area contributed by atoms with Crippen molar-refractivity contribution in [1.29, 1.82) is 0 Å². The van der Waals surface area contributed by atoms with Crippen molar-refractivity contribution in [2.75, 3.05) is 26.7 Å². The summed E-state index contributed by atoms with van der Waals surface area (Å²) in [5.74, 6) is 1.06. The number of halogens is 1. The van der Waals surface area contributed by atoms with Crippen molar-refractivity contribution in [2.45, 2.75) is 31.9 Å². The molecule has 0 radical (unpaired) electrons. The van der Waals surface area contributed by atoms with Crippen molar-refractivity contribution in [2.24, 2.45) is 0 Å². The Labute approximate surface area is 165 Å². The Hall–Kier alpha value is -2.32. The van der Waals surface area contributed by atoms with Gasteiger partial charge in [-0.05, 0) is 45.0 Å². The molecule has 0 bridgehead atoms. The van der Waals surface area contributed by atoms with Crippen LogP contribution in [0.15, 0.2) is 30.5 Å². The molecule has 1 aromatic heterocycles. The van der Waals surface area contributed by atoms with E-state index in [1.54, 1.807) is 18.0 Å². The fourth-order valence-corrected chi connectivity index (χ4v) is 2.93. The lowest BCUT2D eigenvalue weighted by atomic mass is 10.1. The molecule has 148 valence electrons. The summed E-state index contributed by atoms with van der Waals surface area (Å²) in [6, 6.07) is 7.73. The number of ether oxygens (including phenoxy) is 2. The summed E-state index contributed by atoms with van der Waals surface area (Å²) in [6.07, 6.45) is 3.49. The molecule has 2 N–H and O–H groups in total. The molecular weight excluding hydrogens is 370 g/mol. The number of carbonyl (C=O) groups is 1. The highest BCUT2D eigenvalue weighted by molar-refractivity contribution is 5.91. The number of carbonyl (C=O) groups excluding carboxylic acids is 1. The van der Waals surface area contributed by atoms with Crippen molar-refractivity contribution in [3.63, 3.8) is 0 Å². The van der Waals surface area contributed by atoms with Gasteiger partial charge in [0.15, 0.2) is 17.2 Å². The molecule has 1 fully saturated rings. The van der Waals surface area contributed by atoms with Crippen LogP contribution in [0.3, 0.4) is 0 Å². The zero-order valence-corrected chi connectivity index (χ0v) is 16.4. The van der Waals surface area contributed by atoms with Gasteiger partial charge in [0, 0.05) is 0 Å². The van der Waals surface area contributed by atoms with Gasteiger partial charge in [-0.1, -0.05) is 17.3 Å². The number of hydrogen-bond donors (Lipinski definition) is 2. The minimum atomic E-state index is -0.249. The summed E-state index contributed by atoms with van der Waals surface area (Å²) in [5.41, 5.74) is 0.327. The molecule has 1 atom stereocenters. The van der Waals surface area contributed by atoms with E-state index >= 15 is 0 Å². The highest BCUT2D eigenvalue weighted by atomic mass is 35.5. The number of benzene rings is 1. The molecule has 1 unspecified atom stereocenters. The van der Waals surface area contributed by atoms with E-state index in [-0.39, 0.29) is 24.4 Å². The van der Waals surface area contributed by atoms with Crippen LogP contribution in [0, 0.1) is 0 Å². The number of nitrogens with one attached hydrogen (secondary N) is 2. The summed E-state index contributed by atoms with van der Waals surface area (Å²) in [4.78, 5) is 12.3. The third-order valence-electron chi connectivity index (χ3n) is 4.37. The van der Waals surface area contributed by atoms with Gasteiger partial charge in [-0.2, -0.15) is 0 Å². The van der Waals surface area contributed by atoms with Gasteiger partial charge in [0.2, 0.25) is 0 Å². The van der Waals surface area contributed by atoms with E-state index in [2.05, 4.69) is 20.9 Å². The first-order valence-electron chi connectivity index (χ1n) is 8.88. The lowest BCUT2D eigenvalue weighted by Gasteiger charge is -2.22. The number of rotatable bonds is 7. The monoisotopic (exact) mass is 395 g/mol. The number of aromatic nitrogens is 3. The zero-order chi connectivity index (χ0) is 18.4. The highest BCUT2D eigenvalue weighted by Crippen LogP contribution is 2.26. The molecule has 1 aromatic carbocycles. The van der Waals surface area contributed by atoms with E-state index in [0.717, 1.165) is 25.9 Å². The number of methoxy groups -OCH3 is 1. The van der Waals surface area contributed by atoms with Gasteiger partial charge in [-0.25, -0.2) is 4.68 Å². The summed E-state index contributed by atoms with van der Waals surface area (Å²) in [6.45, 7) is 4.17. The molecule has 2 heterocycles. The molecule has 1 amide bonds. The third kappa shape index (κ3) is 5.58. The van der Waals surface area contributed by atoms with Crippen LogP contribution in [0.1, 0.15) is 36.3 Å². The molecule has 8 nitrogen and oxygen atoms in total. The molecular formula is C18H26ClN5O3. The Morgan fingerprint density at radius 3 is 2.74 bits per heavy atom. The van der Waals surface area contributed by atoms with Crippen LogP contribution >= 0.6 is 12.4 Å². The van der Waals surface area contributed by atoms with E-state index in [1.165, 1.54) is 0 Å². The van der Waals surface area contributed by atoms with Crippen LogP contribution in [0.5, 0.6) is 11.5 Å². The quantitative estimate of drug-likeness (QED) is 0.743. The second-order valence-electron chi connectivity index (χ2n) is 6.35. The summed E-state index contributed by atoms with van der Waals surface area (Å²) in [5, 5.41) is 14.3. The largest absolute Gasteiger partial charge is 0.493 e. The first-order chi connectivity index (χ1) is 12.7. The van der Waals surface area contributed by atoms with Gasteiger partial charge in [0.25, 0.3) is 5.91 Å². The Morgan fingerprint density at radius 2 is 2.04 bits per heavy atom. The van der Waals surface area contributed by atoms with Gasteiger partial charge in [-0.15, -0.1) is 17.5 Å². The molecule has 0 spiro atoms. The fourth-order valence-electron chi connectivity index (χ4n) is 2.93. The maximum Gasteiger partial charge on any atom is 0.273 e. The highest BCUT2D eigenvalue weighted by Gasteiger charge is 2.19. The predicted octanol–water partition coefficient (Wildman–Crippen LogP) is 1.83. The molecule has 0 aliphatic carbocycles. The maximum absolute atomic E-state index is 12.3. The molecule has 1 saturated heterocycles. The Morgan fingerprint density at radius 1 is 1.33 bits per heavy atom. The molecule has 2 aromatic rings. The van der Waals surface area contributed by atoms with Gasteiger partial charge in [-0.3, -0.25) is 4.79 Å². The predicted molar refractivity (Wildman–Crippen MR) is 104 cm³/mol. The minimum Gasteiger partial charge on any atom is -0.493 e. The van der Waals surface area contributed by atoms with Crippen LogP contribution in [0.25, 0.3) is 0 Å². The molecule has 1 aliphatic heterocycles. The molecule has 27 heavy (non-hydrogen) atoms. The standard InChI is InChI=1S/C18H25N5O3.ClH/c1-13(26-17-6-4-3-5-16(17)25-2)11-20-18(24)15-12-23(22-21-15)14-7-9-19-10-8-14;/h3-6,12-14,19H,7-11H2,1-2H3,(H,20,24);1H. The Kier molecular flexibility index (Phi) is 7.87. The van der Waals surface area contributed by atoms with Crippen molar-refractivity contribution >= 4 is 18.3 Å². The van der Waals surface area contributed by atoms with E-state index < -0.39 is 0 Å². The smallest absolute Gasteiger partial charge is 0.273 e. The first kappa shape index (κ1) is 21.0. The number of para-hydroxylation sites is 2.